The largest absolute Gasteiger partial charge is 0.484 e. The summed E-state index contributed by atoms with van der Waals surface area (Å²) in [7, 11) is 0. The van der Waals surface area contributed by atoms with Gasteiger partial charge in [0.25, 0.3) is 15.6 Å². The second-order valence-corrected chi connectivity index (χ2v) is 9.97. The highest BCUT2D eigenvalue weighted by Gasteiger charge is 2.55. The second kappa shape index (κ2) is 9.62. The van der Waals surface area contributed by atoms with E-state index in [1.54, 1.807) is 30.3 Å². The number of halogens is 3. The summed E-state index contributed by atoms with van der Waals surface area (Å²) in [5.74, 6) is -3.23. The van der Waals surface area contributed by atoms with Gasteiger partial charge >= 0.3 is 11.9 Å². The summed E-state index contributed by atoms with van der Waals surface area (Å²) in [6, 6.07) is 7.60. The van der Waals surface area contributed by atoms with Crippen molar-refractivity contribution in [3.8, 4) is 5.75 Å². The van der Waals surface area contributed by atoms with Crippen LogP contribution >= 0.6 is 46.6 Å². The molecular weight excluding hydrogens is 507 g/mol. The first-order valence-corrected chi connectivity index (χ1v) is 10.9. The normalized spacial score (nSPS) is 21.6. The Labute approximate surface area is 201 Å². The molecule has 32 heavy (non-hydrogen) atoms. The van der Waals surface area contributed by atoms with Gasteiger partial charge in [0.15, 0.2) is 6.61 Å². The van der Waals surface area contributed by atoms with Crippen LogP contribution in [0.1, 0.15) is 6.92 Å². The maximum Gasteiger partial charge on any atom is 0.363 e. The number of thioether (sulfide) groups is 1. The summed E-state index contributed by atoms with van der Waals surface area (Å²) in [4.78, 5) is 49.6. The molecule has 1 aromatic carbocycles. The molecule has 2 heterocycles. The van der Waals surface area contributed by atoms with E-state index < -0.39 is 39.0 Å². The van der Waals surface area contributed by atoms with Gasteiger partial charge in [0.05, 0.1) is 0 Å². The first-order chi connectivity index (χ1) is 15.0. The van der Waals surface area contributed by atoms with E-state index in [0.717, 1.165) is 22.9 Å². The van der Waals surface area contributed by atoms with Crippen LogP contribution in [0, 0.1) is 0 Å². The van der Waals surface area contributed by atoms with E-state index in [0.29, 0.717) is 5.75 Å². The predicted molar refractivity (Wildman–Crippen MR) is 117 cm³/mol. The van der Waals surface area contributed by atoms with Gasteiger partial charge in [-0.3, -0.25) is 14.5 Å². The minimum atomic E-state index is -2.32. The van der Waals surface area contributed by atoms with Crippen molar-refractivity contribution in [2.75, 3.05) is 6.61 Å². The third-order valence-electron chi connectivity index (χ3n) is 4.39. The fourth-order valence-electron chi connectivity index (χ4n) is 2.91. The smallest absolute Gasteiger partial charge is 0.363 e. The van der Waals surface area contributed by atoms with Gasteiger partial charge in [-0.05, 0) is 24.6 Å². The molecule has 13 heteroatoms. The molecule has 2 N–H and O–H groups in total. The van der Waals surface area contributed by atoms with Crippen LogP contribution in [-0.2, 0) is 23.9 Å². The molecule has 2 aliphatic heterocycles. The molecule has 2 aliphatic rings. The van der Waals surface area contributed by atoms with E-state index in [1.165, 1.54) is 6.92 Å². The Balaban J connectivity index is 1.73. The van der Waals surface area contributed by atoms with Gasteiger partial charge in [-0.15, -0.1) is 0 Å². The number of hydrogen-bond donors (Lipinski definition) is 2. The van der Waals surface area contributed by atoms with E-state index in [2.05, 4.69) is 5.32 Å². The van der Waals surface area contributed by atoms with Crippen LogP contribution in [0.4, 0.5) is 0 Å². The van der Waals surface area contributed by atoms with Gasteiger partial charge in [-0.2, -0.15) is 0 Å². The number of esters is 1. The van der Waals surface area contributed by atoms with Crippen LogP contribution in [-0.4, -0.2) is 55.6 Å². The van der Waals surface area contributed by atoms with E-state index in [1.807, 2.05) is 0 Å². The Morgan fingerprint density at radius 2 is 1.91 bits per heavy atom. The molecule has 2 amide bonds. The second-order valence-electron chi connectivity index (χ2n) is 6.53. The first kappa shape index (κ1) is 24.2. The van der Waals surface area contributed by atoms with Crippen LogP contribution in [0.25, 0.3) is 0 Å². The molecule has 0 radical (unpaired) electrons. The topological polar surface area (TPSA) is 122 Å². The highest BCUT2D eigenvalue weighted by Crippen LogP contribution is 2.46. The number of nitrogens with zero attached hydrogens (tertiary/aromatic N) is 1. The van der Waals surface area contributed by atoms with Crippen LogP contribution in [0.5, 0.6) is 5.75 Å². The Bertz CT molecular complexity index is 1020. The summed E-state index contributed by atoms with van der Waals surface area (Å²) < 4.78 is 7.85. The minimum Gasteiger partial charge on any atom is -0.484 e. The molecular formula is C19H15Cl3N2O7S. The molecule has 0 spiro atoms. The van der Waals surface area contributed by atoms with Crippen molar-refractivity contribution in [1.82, 2.24) is 10.2 Å². The number of nitrogens with one attached hydrogen (secondary N) is 1. The number of carbonyl (C=O) groups excluding carboxylic acids is 3. The van der Waals surface area contributed by atoms with Crippen LogP contribution < -0.4 is 10.1 Å². The lowest BCUT2D eigenvalue weighted by Crippen LogP contribution is -2.70. The molecule has 0 bridgehead atoms. The number of ether oxygens (including phenoxy) is 2. The van der Waals surface area contributed by atoms with Gasteiger partial charge in [0.1, 0.15) is 29.1 Å². The number of benzene rings is 1. The number of carbonyl (C=O) groups is 4. The molecule has 9 nitrogen and oxygen atoms in total. The summed E-state index contributed by atoms with van der Waals surface area (Å²) >= 11 is 17.4. The lowest BCUT2D eigenvalue weighted by molar-refractivity contribution is -0.150. The highest BCUT2D eigenvalue weighted by atomic mass is 35.6. The summed E-state index contributed by atoms with van der Waals surface area (Å²) in [6.45, 7) is 1.10. The van der Waals surface area contributed by atoms with Crippen molar-refractivity contribution in [2.24, 2.45) is 0 Å². The van der Waals surface area contributed by atoms with Crippen molar-refractivity contribution in [3.63, 3.8) is 0 Å². The number of fused-ring (bicyclic) bond motifs is 1. The average molecular weight is 522 g/mol. The number of carboxylic acids is 1. The molecule has 0 aliphatic carbocycles. The SMILES string of the molecule is CC1=C(C(=O)O)N2C(=O)C(NC(=O)COc3ccccc3)[C@H]2SC1=COC(=O)C(Cl)(Cl)Cl. The van der Waals surface area contributed by atoms with Gasteiger partial charge in [0.2, 0.25) is 0 Å². The first-order valence-electron chi connectivity index (χ1n) is 8.90. The summed E-state index contributed by atoms with van der Waals surface area (Å²) in [5.41, 5.74) is -0.137. The van der Waals surface area contributed by atoms with Gasteiger partial charge in [-0.1, -0.05) is 64.8 Å². The predicted octanol–water partition coefficient (Wildman–Crippen LogP) is 2.58. The lowest BCUT2D eigenvalue weighted by atomic mass is 10.0. The zero-order chi connectivity index (χ0) is 23.6. The molecule has 2 atom stereocenters. The molecule has 3 rings (SSSR count). The fraction of sp³-hybridized carbons (Fsp3) is 0.263. The molecule has 1 saturated heterocycles. The van der Waals surface area contributed by atoms with Crippen molar-refractivity contribution in [3.05, 3.63) is 52.8 Å². The quantitative estimate of drug-likeness (QED) is 0.253. The number of hydrogen-bond acceptors (Lipinski definition) is 7. The molecule has 1 aromatic rings. The number of rotatable bonds is 6. The molecule has 1 fully saturated rings. The number of carboxylic acid groups (broad SMARTS) is 1. The number of alkyl halides is 3. The van der Waals surface area contributed by atoms with Crippen LogP contribution in [0.3, 0.4) is 0 Å². The lowest BCUT2D eigenvalue weighted by Gasteiger charge is -2.49. The third-order valence-corrected chi connectivity index (χ3v) is 6.24. The standard InChI is InChI=1S/C19H15Cl3N2O7S/c1-9-11(7-31-18(29)19(20,21)22)32-16-13(15(26)24(16)14(9)17(27)28)23-12(25)8-30-10-5-3-2-4-6-10/h2-7,13,16H,8H2,1H3,(H,23,25)(H,27,28)/t13?,16-/m1/s1. The van der Waals surface area contributed by atoms with Crippen molar-refractivity contribution >= 4 is 70.3 Å². The monoisotopic (exact) mass is 520 g/mol. The van der Waals surface area contributed by atoms with E-state index >= 15 is 0 Å². The third kappa shape index (κ3) is 5.15. The maximum absolute atomic E-state index is 12.6. The molecule has 1 unspecified atom stereocenters. The number of para-hydroxylation sites is 1. The van der Waals surface area contributed by atoms with Crippen molar-refractivity contribution in [1.29, 1.82) is 0 Å². The molecule has 170 valence electrons. The Morgan fingerprint density at radius 3 is 2.50 bits per heavy atom. The highest BCUT2D eigenvalue weighted by molar-refractivity contribution is 8.04. The number of allylic oxidation sites excluding steroid dienone is 1. The van der Waals surface area contributed by atoms with Gasteiger partial charge in [0, 0.05) is 4.91 Å². The van der Waals surface area contributed by atoms with E-state index in [4.69, 9.17) is 44.3 Å². The van der Waals surface area contributed by atoms with E-state index in [-0.39, 0.29) is 22.8 Å². The van der Waals surface area contributed by atoms with E-state index in [9.17, 15) is 24.3 Å². The number of amides is 2. The van der Waals surface area contributed by atoms with Gasteiger partial charge < -0.3 is 19.9 Å². The number of β-lactam (4-membered cyclic amide) rings is 1. The van der Waals surface area contributed by atoms with Gasteiger partial charge in [-0.25, -0.2) is 9.59 Å². The maximum atomic E-state index is 12.6. The van der Waals surface area contributed by atoms with Crippen LogP contribution in [0.15, 0.2) is 52.8 Å². The minimum absolute atomic E-state index is 0.168. The zero-order valence-electron chi connectivity index (χ0n) is 16.2. The molecule has 0 aromatic heterocycles. The Kier molecular flexibility index (Phi) is 7.29. The summed E-state index contributed by atoms with van der Waals surface area (Å²) in [5, 5.41) is 11.3. The van der Waals surface area contributed by atoms with Crippen molar-refractivity contribution < 1.29 is 33.8 Å². The average Bonchev–Trinajstić information content (AvgIpc) is 2.74. The summed E-state index contributed by atoms with van der Waals surface area (Å²) in [6.07, 6.45) is 0.949. The van der Waals surface area contributed by atoms with Crippen molar-refractivity contribution in [2.45, 2.75) is 22.1 Å². The zero-order valence-corrected chi connectivity index (χ0v) is 19.3. The fourth-order valence-corrected chi connectivity index (χ4v) is 4.31. The Hall–Kier alpha value is -2.40. The Morgan fingerprint density at radius 1 is 1.25 bits per heavy atom. The van der Waals surface area contributed by atoms with Crippen LogP contribution in [0.2, 0.25) is 0 Å². The molecule has 0 saturated carbocycles. The number of aliphatic carboxylic acids is 1.